The van der Waals surface area contributed by atoms with E-state index in [-0.39, 0.29) is 0 Å². The third kappa shape index (κ3) is 9.36. The summed E-state index contributed by atoms with van der Waals surface area (Å²) in [5.74, 6) is 2.98. The fraction of sp³-hybridized carbons (Fsp3) is 0.214. The van der Waals surface area contributed by atoms with Gasteiger partial charge in [-0.25, -0.2) is 34.9 Å². The predicted octanol–water partition coefficient (Wildman–Crippen LogP) is 10.7. The van der Waals surface area contributed by atoms with Crippen LogP contribution in [-0.4, -0.2) is 62.1 Å². The molecule has 7 aromatic rings. The van der Waals surface area contributed by atoms with Crippen LogP contribution in [0.15, 0.2) is 125 Å². The average Bonchev–Trinajstić information content (AvgIpc) is 3.24. The van der Waals surface area contributed by atoms with Crippen molar-refractivity contribution in [3.63, 3.8) is 0 Å². The van der Waals surface area contributed by atoms with Crippen molar-refractivity contribution >= 4 is 35.3 Å². The summed E-state index contributed by atoms with van der Waals surface area (Å²) in [6.07, 6.45) is 9.93. The minimum absolute atomic E-state index is 0.699. The van der Waals surface area contributed by atoms with Crippen LogP contribution in [0.5, 0.6) is 0 Å². The van der Waals surface area contributed by atoms with Crippen LogP contribution in [0.4, 0.5) is 0 Å². The van der Waals surface area contributed by atoms with Gasteiger partial charge in [-0.1, -0.05) is 32.9 Å². The first-order valence-electron chi connectivity index (χ1n) is 18.0. The quantitative estimate of drug-likeness (QED) is 0.0925. The molecule has 0 saturated carbocycles. The molecule has 0 spiro atoms. The highest BCUT2D eigenvalue weighted by Gasteiger charge is 2.16. The highest BCUT2D eigenvalue weighted by molar-refractivity contribution is 7.99. The van der Waals surface area contributed by atoms with E-state index in [1.807, 2.05) is 48.5 Å². The predicted molar refractivity (Wildman–Crippen MR) is 222 cm³/mol. The van der Waals surface area contributed by atoms with Gasteiger partial charge in [-0.05, 0) is 109 Å². The summed E-state index contributed by atoms with van der Waals surface area (Å²) in [4.78, 5) is 46.4. The maximum atomic E-state index is 5.14. The molecular formula is C42H39N9S3. The van der Waals surface area contributed by atoms with Gasteiger partial charge in [-0.2, -0.15) is 0 Å². The number of nitrogens with zero attached hydrogens (tertiary/aromatic N) is 9. The topological polar surface area (TPSA) is 116 Å². The lowest BCUT2D eigenvalue weighted by Gasteiger charge is -2.11. The smallest absolute Gasteiger partial charge is 0.116 e. The standard InChI is InChI=1S/C42H39N9S3/c1-4-15-52-28-18-37(31-11-7-9-13-43-31)49-39(20-28)33-24-35(47-26-45-33)41-22-30(54-17-6-3)23-42(51-41)36-25-34(46-27-48-36)40-21-29(53-16-5-2)19-38(50-40)32-12-8-10-14-44-32/h7-14,18-27H,4-6,15-17H2,1-3H3. The molecule has 54 heavy (non-hydrogen) atoms. The molecule has 0 aliphatic carbocycles. The van der Waals surface area contributed by atoms with Crippen LogP contribution in [0.3, 0.4) is 0 Å². The van der Waals surface area contributed by atoms with Gasteiger partial charge in [0, 0.05) is 27.1 Å². The molecule has 0 aromatic carbocycles. The number of thioether (sulfide) groups is 3. The minimum Gasteiger partial charge on any atom is -0.255 e. The van der Waals surface area contributed by atoms with Crippen molar-refractivity contribution in [1.82, 2.24) is 44.9 Å². The molecule has 0 fully saturated rings. The van der Waals surface area contributed by atoms with E-state index in [4.69, 9.17) is 24.9 Å². The Morgan fingerprint density at radius 2 is 0.667 bits per heavy atom. The SMILES string of the molecule is CCCSc1cc(-c2ccccn2)nc(-c2cc(-c3cc(SCCC)cc(-c4cc(-c5cc(SCCC)cc(-c6ccccn6)n5)ncn4)n3)ncn2)c1. The summed E-state index contributed by atoms with van der Waals surface area (Å²) in [6.45, 7) is 6.55. The van der Waals surface area contributed by atoms with Crippen molar-refractivity contribution in [2.24, 2.45) is 0 Å². The molecule has 270 valence electrons. The van der Waals surface area contributed by atoms with Crippen LogP contribution < -0.4 is 0 Å². The maximum Gasteiger partial charge on any atom is 0.116 e. The molecule has 7 heterocycles. The first-order valence-corrected chi connectivity index (χ1v) is 21.0. The number of pyridine rings is 5. The van der Waals surface area contributed by atoms with E-state index in [1.165, 1.54) is 0 Å². The molecule has 0 saturated heterocycles. The Balaban J connectivity index is 1.28. The summed E-state index contributed by atoms with van der Waals surface area (Å²) in [7, 11) is 0. The van der Waals surface area contributed by atoms with Crippen LogP contribution in [0, 0.1) is 0 Å². The molecule has 0 aliphatic rings. The van der Waals surface area contributed by atoms with Crippen molar-refractivity contribution in [2.45, 2.75) is 54.7 Å². The van der Waals surface area contributed by atoms with Crippen molar-refractivity contribution in [3.8, 4) is 68.3 Å². The second-order valence-corrected chi connectivity index (χ2v) is 15.8. The zero-order chi connectivity index (χ0) is 37.1. The number of hydrogen-bond donors (Lipinski definition) is 0. The van der Waals surface area contributed by atoms with Gasteiger partial charge in [-0.15, -0.1) is 35.3 Å². The third-order valence-corrected chi connectivity index (χ3v) is 11.6. The number of aromatic nitrogens is 9. The van der Waals surface area contributed by atoms with Gasteiger partial charge in [0.25, 0.3) is 0 Å². The summed E-state index contributed by atoms with van der Waals surface area (Å²) in [5.41, 5.74) is 9.04. The molecule has 7 rings (SSSR count). The van der Waals surface area contributed by atoms with E-state index in [9.17, 15) is 0 Å². The molecule has 0 radical (unpaired) electrons. The van der Waals surface area contributed by atoms with E-state index < -0.39 is 0 Å². The van der Waals surface area contributed by atoms with Gasteiger partial charge < -0.3 is 0 Å². The molecule has 7 aromatic heterocycles. The summed E-state index contributed by atoms with van der Waals surface area (Å²) in [6, 6.07) is 28.2. The van der Waals surface area contributed by atoms with Crippen LogP contribution in [0.25, 0.3) is 68.3 Å². The highest BCUT2D eigenvalue weighted by Crippen LogP contribution is 2.34. The Bertz CT molecular complexity index is 2170. The molecular weight excluding hydrogens is 727 g/mol. The molecule has 12 heteroatoms. The summed E-state index contributed by atoms with van der Waals surface area (Å²) in [5, 5.41) is 0. The van der Waals surface area contributed by atoms with E-state index in [2.05, 4.69) is 77.1 Å². The van der Waals surface area contributed by atoms with E-state index in [0.29, 0.717) is 22.8 Å². The Hall–Kier alpha value is -5.04. The van der Waals surface area contributed by atoms with Crippen molar-refractivity contribution in [2.75, 3.05) is 17.3 Å². The second-order valence-electron chi connectivity index (χ2n) is 12.3. The fourth-order valence-corrected chi connectivity index (χ4v) is 8.01. The van der Waals surface area contributed by atoms with Crippen molar-refractivity contribution < 1.29 is 0 Å². The van der Waals surface area contributed by atoms with Gasteiger partial charge in [-0.3, -0.25) is 9.97 Å². The highest BCUT2D eigenvalue weighted by atomic mass is 32.2. The van der Waals surface area contributed by atoms with Gasteiger partial charge in [0.1, 0.15) is 12.7 Å². The molecule has 0 amide bonds. The Morgan fingerprint density at radius 3 is 0.944 bits per heavy atom. The third-order valence-electron chi connectivity index (χ3n) is 8.05. The van der Waals surface area contributed by atoms with Crippen molar-refractivity contribution in [3.05, 3.63) is 110 Å². The van der Waals surface area contributed by atoms with Crippen LogP contribution in [0.1, 0.15) is 40.0 Å². The molecule has 0 N–H and O–H groups in total. The van der Waals surface area contributed by atoms with Crippen molar-refractivity contribution in [1.29, 1.82) is 0 Å². The van der Waals surface area contributed by atoms with Gasteiger partial charge in [0.2, 0.25) is 0 Å². The largest absolute Gasteiger partial charge is 0.255 e. The molecule has 0 bridgehead atoms. The van der Waals surface area contributed by atoms with Gasteiger partial charge in [0.05, 0.1) is 68.3 Å². The maximum absolute atomic E-state index is 5.14. The minimum atomic E-state index is 0.699. The lowest BCUT2D eigenvalue weighted by atomic mass is 10.1. The second kappa shape index (κ2) is 18.3. The normalized spacial score (nSPS) is 11.2. The fourth-order valence-electron chi connectivity index (χ4n) is 5.52. The summed E-state index contributed by atoms with van der Waals surface area (Å²) >= 11 is 5.39. The van der Waals surface area contributed by atoms with Crippen LogP contribution >= 0.6 is 35.3 Å². The van der Waals surface area contributed by atoms with Gasteiger partial charge in [0.15, 0.2) is 0 Å². The zero-order valence-electron chi connectivity index (χ0n) is 30.4. The molecule has 0 unspecified atom stereocenters. The monoisotopic (exact) mass is 765 g/mol. The first-order chi connectivity index (χ1) is 26.6. The first kappa shape index (κ1) is 37.3. The van der Waals surface area contributed by atoms with Gasteiger partial charge >= 0.3 is 0 Å². The van der Waals surface area contributed by atoms with Crippen LogP contribution in [0.2, 0.25) is 0 Å². The Labute approximate surface area is 328 Å². The van der Waals surface area contributed by atoms with Crippen LogP contribution in [-0.2, 0) is 0 Å². The zero-order valence-corrected chi connectivity index (χ0v) is 32.8. The Morgan fingerprint density at radius 1 is 0.352 bits per heavy atom. The van der Waals surface area contributed by atoms with E-state index in [1.54, 1.807) is 60.3 Å². The summed E-state index contributed by atoms with van der Waals surface area (Å²) < 4.78 is 0. The number of rotatable bonds is 15. The average molecular weight is 766 g/mol. The number of hydrogen-bond acceptors (Lipinski definition) is 12. The lowest BCUT2D eigenvalue weighted by Crippen LogP contribution is -1.98. The van der Waals surface area contributed by atoms with E-state index in [0.717, 1.165) is 96.8 Å². The lowest BCUT2D eigenvalue weighted by molar-refractivity contribution is 1.09. The Kier molecular flexibility index (Phi) is 12.7. The molecule has 9 nitrogen and oxygen atoms in total. The van der Waals surface area contributed by atoms with E-state index >= 15 is 0 Å². The molecule has 0 atom stereocenters. The molecule has 0 aliphatic heterocycles.